The smallest absolute Gasteiger partial charge is 0.480 e. The van der Waals surface area contributed by atoms with E-state index in [4.69, 9.17) is 16.9 Å². The van der Waals surface area contributed by atoms with Gasteiger partial charge in [-0.05, 0) is 24.6 Å². The van der Waals surface area contributed by atoms with Crippen LogP contribution < -0.4 is 34.9 Å². The molecule has 0 saturated carbocycles. The Balaban J connectivity index is 0.000000488. The van der Waals surface area contributed by atoms with E-state index in [0.29, 0.717) is 12.8 Å². The van der Waals surface area contributed by atoms with Crippen LogP contribution >= 0.6 is 11.8 Å². The average Bonchev–Trinajstić information content (AvgIpc) is 2.63. The summed E-state index contributed by atoms with van der Waals surface area (Å²) in [6, 6.07) is 14.6. The molecule has 0 fully saturated rings. The van der Waals surface area contributed by atoms with Crippen molar-refractivity contribution in [1.82, 2.24) is 5.32 Å². The van der Waals surface area contributed by atoms with E-state index in [0.717, 1.165) is 11.1 Å². The molecule has 0 aromatic heterocycles. The predicted molar refractivity (Wildman–Crippen MR) is 98.3 cm³/mol. The summed E-state index contributed by atoms with van der Waals surface area (Å²) in [7, 11) is -3.62. The molecule has 27 heavy (non-hydrogen) atoms. The zero-order chi connectivity index (χ0) is 19.6. The Kier molecular flexibility index (Phi) is 12.2. The van der Waals surface area contributed by atoms with Crippen LogP contribution in [0, 0.1) is 6.92 Å². The van der Waals surface area contributed by atoms with Gasteiger partial charge in [-0.15, -0.1) is 0 Å². The minimum atomic E-state index is -3.62. The van der Waals surface area contributed by atoms with Crippen LogP contribution in [0.2, 0.25) is 0 Å². The van der Waals surface area contributed by atoms with Gasteiger partial charge in [0, 0.05) is 11.3 Å². The van der Waals surface area contributed by atoms with E-state index in [1.54, 1.807) is 12.1 Å². The Morgan fingerprint density at radius 1 is 1.19 bits per heavy atom. The number of carboxylic acids is 1. The van der Waals surface area contributed by atoms with Gasteiger partial charge in [0.05, 0.1) is 0 Å². The summed E-state index contributed by atoms with van der Waals surface area (Å²) in [5.41, 5.74) is 1.87. The topological polar surface area (TPSA) is 115 Å². The molecule has 1 atom stereocenters. The summed E-state index contributed by atoms with van der Waals surface area (Å²) in [4.78, 5) is 20.9. The molecule has 2 aromatic rings. The van der Waals surface area contributed by atoms with E-state index in [2.05, 4.69) is 9.56 Å². The molecule has 0 heterocycles. The third kappa shape index (κ3) is 9.37. The van der Waals surface area contributed by atoms with Gasteiger partial charge in [-0.1, -0.05) is 48.0 Å². The van der Waals surface area contributed by atoms with Crippen molar-refractivity contribution >= 4 is 34.2 Å². The Labute approximate surface area is 185 Å². The summed E-state index contributed by atoms with van der Waals surface area (Å²) >= 11 is 4.90. The molecule has 2 N–H and O–H groups in total. The minimum absolute atomic E-state index is 0. The maximum absolute atomic E-state index is 11.0. The van der Waals surface area contributed by atoms with E-state index in [9.17, 15) is 18.0 Å². The first kappa shape index (κ1) is 25.6. The Morgan fingerprint density at radius 2 is 1.74 bits per heavy atom. The zero-order valence-corrected chi connectivity index (χ0v) is 18.4. The molecule has 1 amide bonds. The summed E-state index contributed by atoms with van der Waals surface area (Å²) in [6.45, 7) is 1.87. The van der Waals surface area contributed by atoms with Gasteiger partial charge >= 0.3 is 35.5 Å². The van der Waals surface area contributed by atoms with E-state index in [-0.39, 0.29) is 34.5 Å². The van der Waals surface area contributed by atoms with E-state index >= 15 is 0 Å². The van der Waals surface area contributed by atoms with Gasteiger partial charge in [0.15, 0.2) is 0 Å². The van der Waals surface area contributed by atoms with Crippen LogP contribution in [0.4, 0.5) is 0 Å². The number of sulfonamides is 1. The van der Waals surface area contributed by atoms with Crippen molar-refractivity contribution in [3.8, 4) is 0 Å². The van der Waals surface area contributed by atoms with Crippen LogP contribution in [0.25, 0.3) is 4.24 Å². The second kappa shape index (κ2) is 12.9. The molecule has 2 aromatic carbocycles. The molecule has 0 saturated heterocycles. The number of carbonyl (C=O) groups excluding carboxylic acids is 1. The van der Waals surface area contributed by atoms with Crippen LogP contribution in [0.3, 0.4) is 0 Å². The fraction of sp³-hybridized carbons (Fsp3) is 0.176. The minimum Gasteiger partial charge on any atom is -0.480 e. The third-order valence-electron chi connectivity index (χ3n) is 3.26. The Morgan fingerprint density at radius 3 is 2.19 bits per heavy atom. The van der Waals surface area contributed by atoms with Crippen molar-refractivity contribution in [3.63, 3.8) is 0 Å². The number of hydrogen-bond acceptors (Lipinski definition) is 4. The molecule has 0 bridgehead atoms. The molecule has 0 spiro atoms. The molecule has 0 aliphatic heterocycles. The van der Waals surface area contributed by atoms with E-state index in [1.807, 2.05) is 37.3 Å². The average molecular weight is 421 g/mol. The van der Waals surface area contributed by atoms with Crippen LogP contribution in [0.5, 0.6) is 0 Å². The van der Waals surface area contributed by atoms with Crippen molar-refractivity contribution in [2.45, 2.75) is 24.3 Å². The van der Waals surface area contributed by atoms with Crippen LogP contribution in [-0.2, 0) is 26.0 Å². The molecular weight excluding hydrogens is 403 g/mol. The number of benzene rings is 2. The first-order valence-corrected chi connectivity index (χ1v) is 9.19. The van der Waals surface area contributed by atoms with Crippen LogP contribution in [0.1, 0.15) is 11.1 Å². The summed E-state index contributed by atoms with van der Waals surface area (Å²) in [5, 5.41) is 11.0. The van der Waals surface area contributed by atoms with Gasteiger partial charge in [-0.2, -0.15) is 0 Å². The van der Waals surface area contributed by atoms with Gasteiger partial charge in [-0.3, -0.25) is 16.6 Å². The number of hydrogen-bond donors (Lipinski definition) is 2. The third-order valence-corrected chi connectivity index (χ3v) is 4.85. The molecule has 0 aliphatic rings. The zero-order valence-electron chi connectivity index (χ0n) is 14.9. The van der Waals surface area contributed by atoms with Crippen molar-refractivity contribution in [1.29, 1.82) is 0 Å². The predicted octanol–water partition coefficient (Wildman–Crippen LogP) is -0.356. The van der Waals surface area contributed by atoms with Crippen molar-refractivity contribution in [3.05, 3.63) is 70.0 Å². The number of nitrogens with zero attached hydrogens (tertiary/aromatic N) is 1. The number of carbonyl (C=O) groups is 2. The Hall–Kier alpha value is -1.42. The molecule has 2 rings (SSSR count). The first-order valence-electron chi connectivity index (χ1n) is 7.41. The number of halogens is 1. The monoisotopic (exact) mass is 420 g/mol. The van der Waals surface area contributed by atoms with E-state index in [1.165, 1.54) is 12.1 Å². The molecule has 1 unspecified atom stereocenters. The van der Waals surface area contributed by atoms with Gasteiger partial charge in [0.25, 0.3) is 0 Å². The maximum atomic E-state index is 11.0. The molecule has 7 nitrogen and oxygen atoms in total. The second-order valence-corrected chi connectivity index (χ2v) is 7.20. The molecular formula is C17H18ClN2NaO5S. The summed E-state index contributed by atoms with van der Waals surface area (Å²) in [6.07, 6.45) is 0.705. The van der Waals surface area contributed by atoms with Crippen molar-refractivity contribution in [2.75, 3.05) is 0 Å². The van der Waals surface area contributed by atoms with Gasteiger partial charge in [0.2, 0.25) is 6.41 Å². The SMILES string of the molecule is Cc1ccc(S(=O)(=O)[N-]Cl)cc1.O=CNC(Cc1ccccc1)C(=O)O.[Na+]. The molecule has 140 valence electrons. The number of carboxylic acid groups (broad SMARTS) is 1. The molecule has 0 radical (unpaired) electrons. The normalized spacial score (nSPS) is 11.2. The molecule has 0 aliphatic carbocycles. The quantitative estimate of drug-likeness (QED) is 0.469. The van der Waals surface area contributed by atoms with Crippen molar-refractivity contribution < 1.29 is 52.7 Å². The number of aryl methyl sites for hydroxylation is 1. The molecule has 10 heteroatoms. The standard InChI is InChI=1S/C10H11NO3.C7H7ClNO2S.Na/c12-7-11-9(10(13)14)6-8-4-2-1-3-5-8;1-6-2-4-7(5-3-6)12(10,11)9-8;/h1-5,7,9H,6H2,(H,11,12)(H,13,14);2-5H,1H3;/q;-1;+1. The number of nitrogens with one attached hydrogen (secondary N) is 1. The summed E-state index contributed by atoms with van der Waals surface area (Å²) in [5.74, 6) is -1.03. The van der Waals surface area contributed by atoms with Gasteiger partial charge in [0.1, 0.15) is 16.1 Å². The van der Waals surface area contributed by atoms with E-state index < -0.39 is 22.0 Å². The first-order chi connectivity index (χ1) is 12.3. The van der Waals surface area contributed by atoms with Crippen LogP contribution in [0.15, 0.2) is 59.5 Å². The Bertz CT molecular complexity index is 817. The number of aliphatic carboxylic acids is 1. The second-order valence-electron chi connectivity index (χ2n) is 5.22. The van der Waals surface area contributed by atoms with Gasteiger partial charge in [-0.25, -0.2) is 13.2 Å². The van der Waals surface area contributed by atoms with Crippen molar-refractivity contribution in [2.24, 2.45) is 0 Å². The number of amides is 1. The summed E-state index contributed by atoms with van der Waals surface area (Å²) < 4.78 is 24.8. The van der Waals surface area contributed by atoms with Gasteiger partial charge < -0.3 is 14.7 Å². The fourth-order valence-electron chi connectivity index (χ4n) is 1.90. The van der Waals surface area contributed by atoms with Crippen LogP contribution in [-0.4, -0.2) is 31.9 Å². The number of rotatable bonds is 7. The largest absolute Gasteiger partial charge is 1.00 e. The fourth-order valence-corrected chi connectivity index (χ4v) is 2.70. The maximum Gasteiger partial charge on any atom is 1.00 e.